The summed E-state index contributed by atoms with van der Waals surface area (Å²) in [6.45, 7) is 16.5. The lowest BCUT2D eigenvalue weighted by Gasteiger charge is -2.22. The number of rotatable bonds is 2. The lowest BCUT2D eigenvalue weighted by Crippen LogP contribution is -2.45. The fourth-order valence-electron chi connectivity index (χ4n) is 7.91. The molecule has 2 aliphatic rings. The Hall–Kier alpha value is -2.72. The summed E-state index contributed by atoms with van der Waals surface area (Å²) in [6, 6.07) is 0. The highest BCUT2D eigenvalue weighted by Gasteiger charge is 2.22. The van der Waals surface area contributed by atoms with Crippen molar-refractivity contribution in [2.75, 3.05) is 39.3 Å². The van der Waals surface area contributed by atoms with Crippen LogP contribution in [0.4, 0.5) is 0 Å². The normalized spacial score (nSPS) is 19.8. The lowest BCUT2D eigenvalue weighted by molar-refractivity contribution is 0.272. The van der Waals surface area contributed by atoms with Crippen LogP contribution in [0.2, 0.25) is 0 Å². The fraction of sp³-hybridized carbons (Fsp3) is 0.795. The van der Waals surface area contributed by atoms with Crippen LogP contribution in [0.3, 0.4) is 0 Å². The Labute approximate surface area is 294 Å². The smallest absolute Gasteiger partial charge is 0.304 e. The summed E-state index contributed by atoms with van der Waals surface area (Å²) >= 11 is 0. The number of fused-ring (bicyclic) bond motifs is 4. The summed E-state index contributed by atoms with van der Waals surface area (Å²) < 4.78 is 6.47. The van der Waals surface area contributed by atoms with Gasteiger partial charge in [0.25, 0.3) is 11.1 Å². The van der Waals surface area contributed by atoms with Crippen molar-refractivity contribution < 1.29 is 0 Å². The second-order valence-corrected chi connectivity index (χ2v) is 14.6. The standard InChI is InChI=1S/C39H66N6O4/c1-5-40-23-15-7-11-19-27-42-32(3)34-31-35-33(4)43(39(49)44(36(35)46)29-21-13-9-17-25-40)28-20-12-8-16-24-41(6-2)26-18-10-14-22-30-45(37(34)47)38(42)48/h5-31H2,1-4H3. The van der Waals surface area contributed by atoms with Crippen molar-refractivity contribution in [1.82, 2.24) is 28.1 Å². The Morgan fingerprint density at radius 2 is 0.653 bits per heavy atom. The number of hydrogen-bond acceptors (Lipinski definition) is 6. The van der Waals surface area contributed by atoms with Crippen LogP contribution in [0.5, 0.6) is 0 Å². The van der Waals surface area contributed by atoms with Crippen LogP contribution in [-0.2, 0) is 32.6 Å². The average Bonchev–Trinajstić information content (AvgIpc) is 3.09. The maximum atomic E-state index is 14.2. The highest BCUT2D eigenvalue weighted by Crippen LogP contribution is 2.15. The summed E-state index contributed by atoms with van der Waals surface area (Å²) in [5, 5.41) is 0. The first-order valence-corrected chi connectivity index (χ1v) is 19.9. The van der Waals surface area contributed by atoms with Crippen molar-refractivity contribution in [1.29, 1.82) is 0 Å². The first kappa shape index (κ1) is 39.1. The van der Waals surface area contributed by atoms with E-state index in [2.05, 4.69) is 23.6 Å². The Morgan fingerprint density at radius 1 is 0.388 bits per heavy atom. The van der Waals surface area contributed by atoms with Crippen LogP contribution in [0.1, 0.15) is 139 Å². The molecule has 2 aromatic heterocycles. The van der Waals surface area contributed by atoms with Gasteiger partial charge in [-0.1, -0.05) is 65.2 Å². The molecule has 0 radical (unpaired) electrons. The molecule has 0 saturated carbocycles. The summed E-state index contributed by atoms with van der Waals surface area (Å²) in [6.07, 6.45) is 16.3. The molecule has 0 atom stereocenters. The predicted molar refractivity (Wildman–Crippen MR) is 200 cm³/mol. The monoisotopic (exact) mass is 683 g/mol. The third-order valence-electron chi connectivity index (χ3n) is 11.3. The van der Waals surface area contributed by atoms with Crippen molar-refractivity contribution in [3.63, 3.8) is 0 Å². The van der Waals surface area contributed by atoms with Gasteiger partial charge in [0, 0.05) is 55.1 Å². The second-order valence-electron chi connectivity index (χ2n) is 14.6. The maximum absolute atomic E-state index is 14.2. The molecule has 2 aromatic rings. The number of aromatic nitrogens is 4. The minimum atomic E-state index is -0.282. The SMILES string of the molecule is CCN1CCCCCCn2c(C)c3c(=O)n(c2=O)CCCCCCN(CC)CCCCCCn2c(C)c(c(=O)n(c2=O)CCCCCC1)C3. The van der Waals surface area contributed by atoms with Gasteiger partial charge in [0.2, 0.25) is 0 Å². The van der Waals surface area contributed by atoms with Gasteiger partial charge in [0.15, 0.2) is 0 Å². The van der Waals surface area contributed by atoms with E-state index in [1.165, 1.54) is 9.13 Å². The highest BCUT2D eigenvalue weighted by atomic mass is 16.2. The van der Waals surface area contributed by atoms with Gasteiger partial charge in [-0.25, -0.2) is 9.59 Å². The van der Waals surface area contributed by atoms with E-state index in [4.69, 9.17) is 0 Å². The van der Waals surface area contributed by atoms with Gasteiger partial charge in [0.05, 0.1) is 0 Å². The third-order valence-corrected chi connectivity index (χ3v) is 11.3. The quantitative estimate of drug-likeness (QED) is 0.418. The molecule has 10 nitrogen and oxygen atoms in total. The largest absolute Gasteiger partial charge is 0.331 e. The van der Waals surface area contributed by atoms with Crippen molar-refractivity contribution in [2.45, 2.75) is 163 Å². The van der Waals surface area contributed by atoms with E-state index in [9.17, 15) is 19.2 Å². The molecule has 0 amide bonds. The van der Waals surface area contributed by atoms with E-state index < -0.39 is 0 Å². The van der Waals surface area contributed by atoms with Crippen LogP contribution in [-0.4, -0.2) is 67.3 Å². The third kappa shape index (κ3) is 10.6. The van der Waals surface area contributed by atoms with Gasteiger partial charge in [-0.15, -0.1) is 0 Å². The van der Waals surface area contributed by atoms with Crippen molar-refractivity contribution >= 4 is 0 Å². The molecule has 0 spiro atoms. The molecule has 0 fully saturated rings. The van der Waals surface area contributed by atoms with Crippen molar-refractivity contribution in [2.24, 2.45) is 0 Å². The maximum Gasteiger partial charge on any atom is 0.331 e. The molecule has 0 unspecified atom stereocenters. The summed E-state index contributed by atoms with van der Waals surface area (Å²) in [5.74, 6) is 0. The second kappa shape index (κ2) is 20.2. The van der Waals surface area contributed by atoms with Crippen molar-refractivity contribution in [3.8, 4) is 0 Å². The Bertz CT molecular complexity index is 1450. The summed E-state index contributed by atoms with van der Waals surface area (Å²) in [7, 11) is 0. The molecule has 0 aromatic carbocycles. The van der Waals surface area contributed by atoms with E-state index in [1.807, 2.05) is 13.8 Å². The molecule has 4 rings (SSSR count). The van der Waals surface area contributed by atoms with E-state index in [0.717, 1.165) is 142 Å². The van der Waals surface area contributed by atoms with Gasteiger partial charge < -0.3 is 9.80 Å². The molecule has 2 aliphatic heterocycles. The molecule has 0 aliphatic carbocycles. The molecule has 0 saturated heterocycles. The van der Waals surface area contributed by atoms with Crippen LogP contribution in [0.15, 0.2) is 19.2 Å². The molecule has 6 bridgehead atoms. The van der Waals surface area contributed by atoms with Gasteiger partial charge in [-0.3, -0.25) is 27.9 Å². The highest BCUT2D eigenvalue weighted by molar-refractivity contribution is 5.29. The predicted octanol–water partition coefficient (Wildman–Crippen LogP) is 5.45. The minimum Gasteiger partial charge on any atom is -0.304 e. The van der Waals surface area contributed by atoms with Crippen LogP contribution >= 0.6 is 0 Å². The molecule has 4 heterocycles. The van der Waals surface area contributed by atoms with E-state index in [-0.39, 0.29) is 28.9 Å². The van der Waals surface area contributed by atoms with Gasteiger partial charge in [0.1, 0.15) is 0 Å². The number of nitrogens with zero attached hydrogens (tertiary/aromatic N) is 6. The zero-order chi connectivity index (χ0) is 35.2. The molecule has 10 heteroatoms. The first-order valence-electron chi connectivity index (χ1n) is 19.9. The lowest BCUT2D eigenvalue weighted by atomic mass is 10.0. The Balaban J connectivity index is 1.79. The zero-order valence-corrected chi connectivity index (χ0v) is 31.4. The van der Waals surface area contributed by atoms with E-state index >= 15 is 0 Å². The minimum absolute atomic E-state index is 0.135. The van der Waals surface area contributed by atoms with Crippen LogP contribution in [0, 0.1) is 13.8 Å². The van der Waals surface area contributed by atoms with Gasteiger partial charge in [-0.2, -0.15) is 0 Å². The Kier molecular flexibility index (Phi) is 16.1. The number of hydrogen-bond donors (Lipinski definition) is 0. The molecular weight excluding hydrogens is 616 g/mol. The molecule has 0 N–H and O–H groups in total. The van der Waals surface area contributed by atoms with Crippen molar-refractivity contribution in [3.05, 3.63) is 64.2 Å². The van der Waals surface area contributed by atoms with E-state index in [0.29, 0.717) is 48.7 Å². The summed E-state index contributed by atoms with van der Waals surface area (Å²) in [5.41, 5.74) is 1.30. The zero-order valence-electron chi connectivity index (χ0n) is 31.4. The van der Waals surface area contributed by atoms with Crippen LogP contribution in [0.25, 0.3) is 0 Å². The molecule has 276 valence electrons. The molecular formula is C39H66N6O4. The molecule has 49 heavy (non-hydrogen) atoms. The topological polar surface area (TPSA) is 94.5 Å². The fourth-order valence-corrected chi connectivity index (χ4v) is 7.91. The van der Waals surface area contributed by atoms with Crippen LogP contribution < -0.4 is 22.5 Å². The van der Waals surface area contributed by atoms with Gasteiger partial charge in [-0.05, 0) is 104 Å². The van der Waals surface area contributed by atoms with Gasteiger partial charge >= 0.3 is 11.4 Å². The summed E-state index contributed by atoms with van der Waals surface area (Å²) in [4.78, 5) is 61.3. The Morgan fingerprint density at radius 3 is 0.939 bits per heavy atom. The first-order chi connectivity index (χ1) is 23.8. The average molecular weight is 683 g/mol. The van der Waals surface area contributed by atoms with E-state index in [1.54, 1.807) is 9.13 Å².